The highest BCUT2D eigenvalue weighted by molar-refractivity contribution is 6.16. The van der Waals surface area contributed by atoms with E-state index in [0.717, 1.165) is 17.7 Å². The van der Waals surface area contributed by atoms with Crippen LogP contribution in [0.2, 0.25) is 0 Å². The first-order valence-corrected chi connectivity index (χ1v) is 10.7. The maximum Gasteiger partial charge on any atom is 0.254 e. The molecule has 0 radical (unpaired) electrons. The van der Waals surface area contributed by atoms with Crippen LogP contribution in [0.5, 0.6) is 0 Å². The van der Waals surface area contributed by atoms with E-state index in [4.69, 9.17) is 10.5 Å². The van der Waals surface area contributed by atoms with Crippen molar-refractivity contribution in [3.63, 3.8) is 0 Å². The highest BCUT2D eigenvalue weighted by Gasteiger charge is 2.24. The summed E-state index contributed by atoms with van der Waals surface area (Å²) in [5.74, 6) is -3.02. The summed E-state index contributed by atoms with van der Waals surface area (Å²) < 4.78 is 34.0. The van der Waals surface area contributed by atoms with Gasteiger partial charge in [-0.1, -0.05) is 12.1 Å². The number of aromatic amines is 1. The van der Waals surface area contributed by atoms with Gasteiger partial charge in [0.2, 0.25) is 5.78 Å². The van der Waals surface area contributed by atoms with Gasteiger partial charge in [0.1, 0.15) is 5.82 Å². The van der Waals surface area contributed by atoms with Gasteiger partial charge in [-0.15, -0.1) is 0 Å². The van der Waals surface area contributed by atoms with E-state index in [0.29, 0.717) is 43.1 Å². The number of pyridine rings is 1. The first kappa shape index (κ1) is 21.7. The molecule has 5 rings (SSSR count). The molecule has 0 unspecified atom stereocenters. The zero-order chi connectivity index (χ0) is 23.8. The molecule has 3 N–H and O–H groups in total. The molecule has 1 aliphatic rings. The molecule has 1 amide bonds. The molecule has 3 heterocycles. The number of rotatable bonds is 4. The molecule has 0 aliphatic carbocycles. The van der Waals surface area contributed by atoms with Gasteiger partial charge in [-0.25, -0.2) is 13.8 Å². The van der Waals surface area contributed by atoms with Crippen molar-refractivity contribution in [3.8, 4) is 11.3 Å². The summed E-state index contributed by atoms with van der Waals surface area (Å²) >= 11 is 0. The van der Waals surface area contributed by atoms with Crippen molar-refractivity contribution in [2.75, 3.05) is 32.0 Å². The van der Waals surface area contributed by atoms with Crippen LogP contribution < -0.4 is 5.73 Å². The normalized spacial score (nSPS) is 13.9. The van der Waals surface area contributed by atoms with E-state index in [1.807, 2.05) is 0 Å². The van der Waals surface area contributed by atoms with E-state index < -0.39 is 23.0 Å². The summed E-state index contributed by atoms with van der Waals surface area (Å²) in [7, 11) is 0. The van der Waals surface area contributed by atoms with Crippen LogP contribution in [-0.4, -0.2) is 52.9 Å². The lowest BCUT2D eigenvalue weighted by Crippen LogP contribution is -2.40. The number of amides is 1. The molecule has 34 heavy (non-hydrogen) atoms. The number of benzene rings is 2. The van der Waals surface area contributed by atoms with Crippen LogP contribution in [0.3, 0.4) is 0 Å². The van der Waals surface area contributed by atoms with Gasteiger partial charge in [0.05, 0.1) is 46.8 Å². The second-order valence-electron chi connectivity index (χ2n) is 7.93. The van der Waals surface area contributed by atoms with Crippen LogP contribution in [0.15, 0.2) is 54.7 Å². The van der Waals surface area contributed by atoms with Crippen molar-refractivity contribution in [2.24, 2.45) is 0 Å². The topological polar surface area (TPSA) is 101 Å². The molecule has 0 bridgehead atoms. The molecule has 1 aliphatic heterocycles. The van der Waals surface area contributed by atoms with E-state index in [1.165, 1.54) is 6.20 Å². The molecule has 2 aromatic carbocycles. The summed E-state index contributed by atoms with van der Waals surface area (Å²) in [4.78, 5) is 34.9. The number of hydrogen-bond acceptors (Lipinski definition) is 5. The zero-order valence-electron chi connectivity index (χ0n) is 18.0. The fraction of sp³-hybridized carbons (Fsp3) is 0.160. The van der Waals surface area contributed by atoms with Crippen molar-refractivity contribution in [1.82, 2.24) is 14.9 Å². The van der Waals surface area contributed by atoms with Gasteiger partial charge >= 0.3 is 0 Å². The Kier molecular flexibility index (Phi) is 5.54. The number of nitrogens with zero attached hydrogens (tertiary/aromatic N) is 2. The Bertz CT molecular complexity index is 1410. The molecule has 0 spiro atoms. The van der Waals surface area contributed by atoms with Gasteiger partial charge in [0.15, 0.2) is 5.82 Å². The number of nitrogens with one attached hydrogen (secondary N) is 1. The third kappa shape index (κ3) is 3.80. The highest BCUT2D eigenvalue weighted by atomic mass is 19.1. The summed E-state index contributed by atoms with van der Waals surface area (Å²) in [5, 5.41) is 0. The molecular weight excluding hydrogens is 442 g/mol. The van der Waals surface area contributed by atoms with Crippen molar-refractivity contribution < 1.29 is 23.1 Å². The quantitative estimate of drug-likeness (QED) is 0.355. The van der Waals surface area contributed by atoms with Crippen LogP contribution in [-0.2, 0) is 4.74 Å². The number of hydrogen-bond donors (Lipinski definition) is 2. The maximum atomic E-state index is 14.4. The van der Waals surface area contributed by atoms with Crippen molar-refractivity contribution >= 4 is 28.4 Å². The van der Waals surface area contributed by atoms with E-state index in [-0.39, 0.29) is 22.7 Å². The van der Waals surface area contributed by atoms with Gasteiger partial charge in [-0.2, -0.15) is 0 Å². The summed E-state index contributed by atoms with van der Waals surface area (Å²) in [5.41, 5.74) is 7.14. The summed E-state index contributed by atoms with van der Waals surface area (Å²) in [6.07, 6.45) is 1.37. The number of anilines is 1. The van der Waals surface area contributed by atoms with E-state index >= 15 is 0 Å². The first-order valence-electron chi connectivity index (χ1n) is 10.7. The molecule has 1 fully saturated rings. The predicted molar refractivity (Wildman–Crippen MR) is 122 cm³/mol. The number of morpholine rings is 1. The average Bonchev–Trinajstić information content (AvgIpc) is 3.30. The molecule has 0 saturated carbocycles. The number of carbonyl (C=O) groups is 2. The van der Waals surface area contributed by atoms with Crippen molar-refractivity contribution in [1.29, 1.82) is 0 Å². The van der Waals surface area contributed by atoms with E-state index in [1.54, 1.807) is 41.3 Å². The summed E-state index contributed by atoms with van der Waals surface area (Å²) in [6.45, 7) is 2.15. The first-order chi connectivity index (χ1) is 16.4. The van der Waals surface area contributed by atoms with Crippen LogP contribution in [0, 0.1) is 11.6 Å². The number of ether oxygens (including phenoxy) is 1. The van der Waals surface area contributed by atoms with Gasteiger partial charge in [-0.05, 0) is 36.4 Å². The van der Waals surface area contributed by atoms with Crippen molar-refractivity contribution in [3.05, 3.63) is 83.1 Å². The Morgan fingerprint density at radius 3 is 2.47 bits per heavy atom. The predicted octanol–water partition coefficient (Wildman–Crippen LogP) is 3.79. The molecule has 1 saturated heterocycles. The minimum Gasteiger partial charge on any atom is -0.396 e. The Morgan fingerprint density at radius 2 is 1.74 bits per heavy atom. The third-order valence-corrected chi connectivity index (χ3v) is 5.84. The van der Waals surface area contributed by atoms with Gasteiger partial charge in [0, 0.05) is 30.4 Å². The number of H-pyrrole nitrogens is 1. The van der Waals surface area contributed by atoms with Crippen LogP contribution >= 0.6 is 0 Å². The second kappa shape index (κ2) is 8.68. The maximum absolute atomic E-state index is 14.4. The molecule has 7 nitrogen and oxygen atoms in total. The third-order valence-electron chi connectivity index (χ3n) is 5.84. The smallest absolute Gasteiger partial charge is 0.254 e. The van der Waals surface area contributed by atoms with Gasteiger partial charge in [-0.3, -0.25) is 9.59 Å². The highest BCUT2D eigenvalue weighted by Crippen LogP contribution is 2.27. The van der Waals surface area contributed by atoms with Crippen LogP contribution in [0.4, 0.5) is 14.5 Å². The molecule has 0 atom stereocenters. The molecule has 2 aromatic heterocycles. The Balaban J connectivity index is 1.47. The largest absolute Gasteiger partial charge is 0.396 e. The number of aromatic nitrogens is 2. The zero-order valence-corrected chi connectivity index (χ0v) is 18.0. The Morgan fingerprint density at radius 1 is 1.00 bits per heavy atom. The number of nitrogen functional groups attached to an aromatic ring is 1. The second-order valence-corrected chi connectivity index (χ2v) is 7.93. The molecule has 9 heteroatoms. The lowest BCUT2D eigenvalue weighted by atomic mass is 10.0. The fourth-order valence-corrected chi connectivity index (χ4v) is 3.98. The van der Waals surface area contributed by atoms with Crippen LogP contribution in [0.25, 0.3) is 22.3 Å². The standard InChI is InChI=1S/C25H20F2N4O3/c26-17-5-6-18(28)22(27)21(17)24(32)16-13-29-20-8-7-19(30-23(16)20)14-1-3-15(4-2-14)25(33)31-9-11-34-12-10-31/h1-8,13,29H,9-12,28H2. The van der Waals surface area contributed by atoms with Gasteiger partial charge < -0.3 is 20.4 Å². The van der Waals surface area contributed by atoms with Gasteiger partial charge in [0.25, 0.3) is 5.91 Å². The number of ketones is 1. The lowest BCUT2D eigenvalue weighted by Gasteiger charge is -2.26. The number of halogens is 2. The lowest BCUT2D eigenvalue weighted by molar-refractivity contribution is 0.0303. The average molecular weight is 462 g/mol. The molecular formula is C25H20F2N4O3. The molecule has 172 valence electrons. The number of fused-ring (bicyclic) bond motifs is 1. The van der Waals surface area contributed by atoms with E-state index in [9.17, 15) is 18.4 Å². The minimum atomic E-state index is -1.10. The number of carbonyl (C=O) groups excluding carboxylic acids is 2. The van der Waals surface area contributed by atoms with Crippen molar-refractivity contribution in [2.45, 2.75) is 0 Å². The SMILES string of the molecule is Nc1ccc(F)c(C(=O)c2c[nH]c3ccc(-c4ccc(C(=O)N5CCOCC5)cc4)nc23)c1F. The Labute approximate surface area is 193 Å². The Hall–Kier alpha value is -4.11. The number of nitrogens with two attached hydrogens (primary N) is 1. The monoisotopic (exact) mass is 462 g/mol. The molecule has 4 aromatic rings. The summed E-state index contributed by atoms with van der Waals surface area (Å²) in [6, 6.07) is 12.5. The fourth-order valence-electron chi connectivity index (χ4n) is 3.98. The van der Waals surface area contributed by atoms with Crippen LogP contribution in [0.1, 0.15) is 26.3 Å². The van der Waals surface area contributed by atoms with E-state index in [2.05, 4.69) is 9.97 Å². The minimum absolute atomic E-state index is 0.0272.